The predicted octanol–water partition coefficient (Wildman–Crippen LogP) is 2.71. The number of benzene rings is 2. The van der Waals surface area contributed by atoms with Crippen molar-refractivity contribution in [1.29, 1.82) is 0 Å². The highest BCUT2D eigenvalue weighted by Gasteiger charge is 2.20. The molecule has 1 saturated heterocycles. The highest BCUT2D eigenvalue weighted by Crippen LogP contribution is 2.17. The number of halogens is 1. The average molecular weight is 385 g/mol. The fourth-order valence-electron chi connectivity index (χ4n) is 3.41. The average Bonchev–Trinajstić information content (AvgIpc) is 2.74. The van der Waals surface area contributed by atoms with Crippen molar-refractivity contribution in [2.75, 3.05) is 51.3 Å². The summed E-state index contributed by atoms with van der Waals surface area (Å²) in [6.45, 7) is 4.49. The van der Waals surface area contributed by atoms with Crippen LogP contribution >= 0.6 is 0 Å². The second-order valence-electron chi connectivity index (χ2n) is 6.95. The van der Waals surface area contributed by atoms with Gasteiger partial charge in [0.1, 0.15) is 11.6 Å². The SMILES string of the molecule is COc1cccc(CCNCCC(=O)N2CCN(c3ccc(F)cc3)CC2)c1. The molecule has 0 unspecified atom stereocenters. The minimum atomic E-state index is -0.225. The van der Waals surface area contributed by atoms with Gasteiger partial charge in [-0.15, -0.1) is 0 Å². The molecule has 3 rings (SSSR count). The van der Waals surface area contributed by atoms with E-state index >= 15 is 0 Å². The number of amides is 1. The van der Waals surface area contributed by atoms with E-state index in [9.17, 15) is 9.18 Å². The zero-order chi connectivity index (χ0) is 19.8. The minimum Gasteiger partial charge on any atom is -0.497 e. The Morgan fingerprint density at radius 3 is 2.54 bits per heavy atom. The molecule has 28 heavy (non-hydrogen) atoms. The Kier molecular flexibility index (Phi) is 7.25. The van der Waals surface area contributed by atoms with Crippen molar-refractivity contribution >= 4 is 11.6 Å². The summed E-state index contributed by atoms with van der Waals surface area (Å²) < 4.78 is 18.3. The minimum absolute atomic E-state index is 0.188. The maximum atomic E-state index is 13.0. The highest BCUT2D eigenvalue weighted by atomic mass is 19.1. The second-order valence-corrected chi connectivity index (χ2v) is 6.95. The lowest BCUT2D eigenvalue weighted by molar-refractivity contribution is -0.131. The van der Waals surface area contributed by atoms with Gasteiger partial charge in [0.15, 0.2) is 0 Å². The number of piperazine rings is 1. The van der Waals surface area contributed by atoms with E-state index in [4.69, 9.17) is 4.74 Å². The molecule has 0 spiro atoms. The Bertz CT molecular complexity index is 759. The van der Waals surface area contributed by atoms with Gasteiger partial charge in [0.05, 0.1) is 7.11 Å². The van der Waals surface area contributed by atoms with Gasteiger partial charge in [0.25, 0.3) is 0 Å². The molecule has 0 radical (unpaired) electrons. The predicted molar refractivity (Wildman–Crippen MR) is 109 cm³/mol. The Balaban J connectivity index is 1.33. The summed E-state index contributed by atoms with van der Waals surface area (Å²) in [4.78, 5) is 16.5. The van der Waals surface area contributed by atoms with E-state index in [2.05, 4.69) is 16.3 Å². The van der Waals surface area contributed by atoms with Crippen LogP contribution < -0.4 is 15.0 Å². The summed E-state index contributed by atoms with van der Waals surface area (Å²) in [7, 11) is 1.67. The first kappa shape index (κ1) is 20.1. The number of nitrogens with zero attached hydrogens (tertiary/aromatic N) is 2. The molecule has 0 aliphatic carbocycles. The fraction of sp³-hybridized carbons (Fsp3) is 0.409. The van der Waals surface area contributed by atoms with Crippen LogP contribution in [0, 0.1) is 5.82 Å². The highest BCUT2D eigenvalue weighted by molar-refractivity contribution is 5.76. The van der Waals surface area contributed by atoms with Crippen LogP contribution in [0.2, 0.25) is 0 Å². The number of carbonyl (C=O) groups excluding carboxylic acids is 1. The summed E-state index contributed by atoms with van der Waals surface area (Å²) in [5.74, 6) is 0.830. The van der Waals surface area contributed by atoms with Gasteiger partial charge in [-0.2, -0.15) is 0 Å². The molecule has 150 valence electrons. The van der Waals surface area contributed by atoms with Crippen LogP contribution in [0.25, 0.3) is 0 Å². The number of nitrogens with one attached hydrogen (secondary N) is 1. The molecular weight excluding hydrogens is 357 g/mol. The molecule has 1 heterocycles. The van der Waals surface area contributed by atoms with E-state index in [0.717, 1.165) is 37.5 Å². The van der Waals surface area contributed by atoms with Gasteiger partial charge in [-0.1, -0.05) is 12.1 Å². The Labute approximate surface area is 166 Å². The van der Waals surface area contributed by atoms with Crippen LogP contribution in [-0.4, -0.2) is 57.2 Å². The maximum Gasteiger partial charge on any atom is 0.223 e. The van der Waals surface area contributed by atoms with E-state index in [1.165, 1.54) is 17.7 Å². The molecule has 1 aliphatic heterocycles. The molecule has 1 aliphatic rings. The smallest absolute Gasteiger partial charge is 0.223 e. The molecule has 2 aromatic rings. The largest absolute Gasteiger partial charge is 0.497 e. The number of anilines is 1. The zero-order valence-corrected chi connectivity index (χ0v) is 16.4. The Morgan fingerprint density at radius 1 is 1.07 bits per heavy atom. The third kappa shape index (κ3) is 5.70. The van der Waals surface area contributed by atoms with Gasteiger partial charge >= 0.3 is 0 Å². The quantitative estimate of drug-likeness (QED) is 0.710. The van der Waals surface area contributed by atoms with E-state index in [1.807, 2.05) is 23.1 Å². The molecule has 1 amide bonds. The molecule has 5 nitrogen and oxygen atoms in total. The lowest BCUT2D eigenvalue weighted by atomic mass is 10.1. The normalized spacial score (nSPS) is 14.2. The van der Waals surface area contributed by atoms with Gasteiger partial charge in [-0.05, 0) is 54.9 Å². The second kappa shape index (κ2) is 10.1. The summed E-state index contributed by atoms with van der Waals surface area (Å²) in [5, 5.41) is 3.35. The first-order chi connectivity index (χ1) is 13.7. The van der Waals surface area contributed by atoms with Gasteiger partial charge < -0.3 is 19.9 Å². The standard InChI is InChI=1S/C22H28FN3O2/c1-28-21-4-2-3-18(17-21)9-11-24-12-10-22(27)26-15-13-25(14-16-26)20-7-5-19(23)6-8-20/h2-8,17,24H,9-16H2,1H3. The molecule has 0 saturated carbocycles. The molecule has 6 heteroatoms. The van der Waals surface area contributed by atoms with Crippen molar-refractivity contribution in [2.24, 2.45) is 0 Å². The van der Waals surface area contributed by atoms with Crippen LogP contribution in [0.3, 0.4) is 0 Å². The third-order valence-corrected chi connectivity index (χ3v) is 5.06. The molecule has 1 N–H and O–H groups in total. The van der Waals surface area contributed by atoms with Crippen molar-refractivity contribution in [2.45, 2.75) is 12.8 Å². The van der Waals surface area contributed by atoms with E-state index in [-0.39, 0.29) is 11.7 Å². The number of ether oxygens (including phenoxy) is 1. The lowest BCUT2D eigenvalue weighted by Crippen LogP contribution is -2.49. The number of hydrogen-bond acceptors (Lipinski definition) is 4. The Hall–Kier alpha value is -2.60. The molecule has 0 atom stereocenters. The molecule has 0 aromatic heterocycles. The van der Waals surface area contributed by atoms with E-state index in [0.29, 0.717) is 26.1 Å². The summed E-state index contributed by atoms with van der Waals surface area (Å²) in [5.41, 5.74) is 2.22. The fourth-order valence-corrected chi connectivity index (χ4v) is 3.41. The van der Waals surface area contributed by atoms with Crippen LogP contribution in [-0.2, 0) is 11.2 Å². The lowest BCUT2D eigenvalue weighted by Gasteiger charge is -2.36. The van der Waals surface area contributed by atoms with Gasteiger partial charge in [0, 0.05) is 44.8 Å². The Morgan fingerprint density at radius 2 is 1.82 bits per heavy atom. The van der Waals surface area contributed by atoms with Crippen molar-refractivity contribution in [3.63, 3.8) is 0 Å². The summed E-state index contributed by atoms with van der Waals surface area (Å²) in [6.07, 6.45) is 1.41. The topological polar surface area (TPSA) is 44.8 Å². The van der Waals surface area contributed by atoms with E-state index < -0.39 is 0 Å². The van der Waals surface area contributed by atoms with Crippen LogP contribution in [0.4, 0.5) is 10.1 Å². The van der Waals surface area contributed by atoms with Crippen LogP contribution in [0.1, 0.15) is 12.0 Å². The molecular formula is C22H28FN3O2. The van der Waals surface area contributed by atoms with Crippen LogP contribution in [0.15, 0.2) is 48.5 Å². The number of rotatable bonds is 8. The van der Waals surface area contributed by atoms with Crippen molar-refractivity contribution < 1.29 is 13.9 Å². The van der Waals surface area contributed by atoms with Crippen LogP contribution in [0.5, 0.6) is 5.75 Å². The first-order valence-corrected chi connectivity index (χ1v) is 9.77. The molecule has 1 fully saturated rings. The summed E-state index contributed by atoms with van der Waals surface area (Å²) >= 11 is 0. The molecule has 0 bridgehead atoms. The third-order valence-electron chi connectivity index (χ3n) is 5.06. The number of carbonyl (C=O) groups is 1. The monoisotopic (exact) mass is 385 g/mol. The maximum absolute atomic E-state index is 13.0. The number of hydrogen-bond donors (Lipinski definition) is 1. The zero-order valence-electron chi connectivity index (χ0n) is 16.4. The number of methoxy groups -OCH3 is 1. The van der Waals surface area contributed by atoms with Crippen molar-refractivity contribution in [3.05, 3.63) is 59.9 Å². The van der Waals surface area contributed by atoms with Gasteiger partial charge in [0.2, 0.25) is 5.91 Å². The van der Waals surface area contributed by atoms with Gasteiger partial charge in [-0.3, -0.25) is 4.79 Å². The van der Waals surface area contributed by atoms with Gasteiger partial charge in [-0.25, -0.2) is 4.39 Å². The first-order valence-electron chi connectivity index (χ1n) is 9.77. The summed E-state index contributed by atoms with van der Waals surface area (Å²) in [6, 6.07) is 14.6. The van der Waals surface area contributed by atoms with Crippen molar-refractivity contribution in [3.8, 4) is 5.75 Å². The molecule has 2 aromatic carbocycles. The van der Waals surface area contributed by atoms with Crippen molar-refractivity contribution in [1.82, 2.24) is 10.2 Å². The van der Waals surface area contributed by atoms with E-state index in [1.54, 1.807) is 19.2 Å².